The van der Waals surface area contributed by atoms with Gasteiger partial charge in [-0.2, -0.15) is 0 Å². The zero-order chi connectivity index (χ0) is 19.8. The van der Waals surface area contributed by atoms with Crippen molar-refractivity contribution in [1.29, 1.82) is 0 Å². The Hall–Kier alpha value is -0.830. The Kier molecular flexibility index (Phi) is 4.22. The van der Waals surface area contributed by atoms with Crippen LogP contribution in [0.15, 0.2) is 12.1 Å². The molecule has 27 heavy (non-hydrogen) atoms. The molecular formula is C22H33O4P. The van der Waals surface area contributed by atoms with Crippen LogP contribution >= 0.6 is 7.82 Å². The van der Waals surface area contributed by atoms with Gasteiger partial charge in [0.1, 0.15) is 5.75 Å². The maximum Gasteiger partial charge on any atom is 0.524 e. The molecule has 1 aromatic carbocycles. The Balaban J connectivity index is 1.77. The van der Waals surface area contributed by atoms with Gasteiger partial charge >= 0.3 is 7.82 Å². The summed E-state index contributed by atoms with van der Waals surface area (Å²) in [6.07, 6.45) is 7.38. The Bertz CT molecular complexity index is 826. The van der Waals surface area contributed by atoms with Gasteiger partial charge in [0.05, 0.1) is 0 Å². The fourth-order valence-corrected chi connectivity index (χ4v) is 8.00. The van der Waals surface area contributed by atoms with Crippen molar-refractivity contribution in [3.8, 4) is 5.75 Å². The molecule has 4 rings (SSSR count). The number of phosphoric acid groups is 1. The van der Waals surface area contributed by atoms with Gasteiger partial charge in [0, 0.05) is 0 Å². The number of hydrogen-bond acceptors (Lipinski definition) is 2. The number of rotatable bonds is 2. The van der Waals surface area contributed by atoms with Gasteiger partial charge in [-0.05, 0) is 95.9 Å². The van der Waals surface area contributed by atoms with Gasteiger partial charge < -0.3 is 4.52 Å². The van der Waals surface area contributed by atoms with Gasteiger partial charge in [0.15, 0.2) is 0 Å². The van der Waals surface area contributed by atoms with Crippen LogP contribution in [0, 0.1) is 29.6 Å². The maximum absolute atomic E-state index is 11.3. The molecule has 3 aliphatic carbocycles. The molecule has 0 amide bonds. The summed E-state index contributed by atoms with van der Waals surface area (Å²) in [5.74, 6) is 1.63. The zero-order valence-corrected chi connectivity index (χ0v) is 18.1. The molecule has 0 spiro atoms. The first-order chi connectivity index (χ1) is 12.4. The summed E-state index contributed by atoms with van der Waals surface area (Å²) in [4.78, 5) is 18.4. The van der Waals surface area contributed by atoms with Crippen LogP contribution in [0.3, 0.4) is 0 Å². The normalized spacial score (nSPS) is 37.3. The van der Waals surface area contributed by atoms with Crippen LogP contribution in [0.5, 0.6) is 5.75 Å². The van der Waals surface area contributed by atoms with E-state index in [9.17, 15) is 14.4 Å². The Labute approximate surface area is 163 Å². The molecule has 0 heterocycles. The monoisotopic (exact) mass is 392 g/mol. The van der Waals surface area contributed by atoms with Gasteiger partial charge in [-0.25, -0.2) is 4.57 Å². The van der Waals surface area contributed by atoms with E-state index in [0.29, 0.717) is 22.5 Å². The van der Waals surface area contributed by atoms with Crippen LogP contribution in [0.2, 0.25) is 0 Å². The molecule has 4 atom stereocenters. The molecule has 0 bridgehead atoms. The number of aryl methyl sites for hydroxylation is 1. The highest BCUT2D eigenvalue weighted by Gasteiger charge is 2.61. The molecular weight excluding hydrogens is 359 g/mol. The van der Waals surface area contributed by atoms with Crippen molar-refractivity contribution in [2.75, 3.05) is 0 Å². The van der Waals surface area contributed by atoms with Crippen LogP contribution < -0.4 is 4.52 Å². The van der Waals surface area contributed by atoms with Gasteiger partial charge in [-0.15, -0.1) is 0 Å². The molecule has 0 radical (unpaired) electrons. The van der Waals surface area contributed by atoms with Gasteiger partial charge in [-0.1, -0.05) is 34.1 Å². The summed E-state index contributed by atoms with van der Waals surface area (Å²) in [7, 11) is -4.54. The van der Waals surface area contributed by atoms with E-state index in [0.717, 1.165) is 17.9 Å². The van der Waals surface area contributed by atoms with Gasteiger partial charge in [0.25, 0.3) is 0 Å². The molecule has 150 valence electrons. The minimum Gasteiger partial charge on any atom is -0.404 e. The zero-order valence-electron chi connectivity index (χ0n) is 17.2. The van der Waals surface area contributed by atoms with Crippen molar-refractivity contribution in [2.45, 2.75) is 78.6 Å². The lowest BCUT2D eigenvalue weighted by Crippen LogP contribution is -2.55. The maximum atomic E-state index is 11.3. The van der Waals surface area contributed by atoms with Gasteiger partial charge in [0.2, 0.25) is 0 Å². The van der Waals surface area contributed by atoms with E-state index in [1.165, 1.54) is 43.2 Å². The molecule has 3 aliphatic rings. The predicted octanol–water partition coefficient (Wildman–Crippen LogP) is 5.52. The Morgan fingerprint density at radius 3 is 2.44 bits per heavy atom. The van der Waals surface area contributed by atoms with E-state index < -0.39 is 7.82 Å². The SMILES string of the molecule is Cc1cc(OP(=O)(O)O)cc2c1C1(C)CCC3C(C)(C)CCCC3(C)[C@@H]1C2. The highest BCUT2D eigenvalue weighted by atomic mass is 31.2. The van der Waals surface area contributed by atoms with Crippen molar-refractivity contribution < 1.29 is 18.9 Å². The summed E-state index contributed by atoms with van der Waals surface area (Å²) < 4.78 is 16.2. The standard InChI is InChI=1S/C22H33O4P/c1-14-11-16(26-27(23,24)25)12-15-13-18-21(4)9-6-8-20(2,3)17(21)7-10-22(18,5)19(14)15/h11-12,17-18H,6-10,13H2,1-5H3,(H2,23,24,25)/t17?,18-,21?,22?/m0/s1. The molecule has 2 saturated carbocycles. The van der Waals surface area contributed by atoms with Crippen molar-refractivity contribution >= 4 is 7.82 Å². The highest BCUT2D eigenvalue weighted by Crippen LogP contribution is 2.68. The van der Waals surface area contributed by atoms with Crippen molar-refractivity contribution in [3.63, 3.8) is 0 Å². The van der Waals surface area contributed by atoms with Crippen LogP contribution in [-0.4, -0.2) is 9.79 Å². The van der Waals surface area contributed by atoms with Gasteiger partial charge in [-0.3, -0.25) is 9.79 Å². The molecule has 2 fully saturated rings. The quantitative estimate of drug-likeness (QED) is 0.650. The highest BCUT2D eigenvalue weighted by molar-refractivity contribution is 7.46. The Morgan fingerprint density at radius 1 is 1.07 bits per heavy atom. The second kappa shape index (κ2) is 5.84. The molecule has 5 heteroatoms. The fourth-order valence-electron chi connectivity index (χ4n) is 7.62. The average Bonchev–Trinajstić information content (AvgIpc) is 2.79. The molecule has 1 aromatic rings. The first-order valence-electron chi connectivity index (χ1n) is 10.3. The van der Waals surface area contributed by atoms with E-state index in [2.05, 4.69) is 34.6 Å². The number of phosphoric ester groups is 1. The molecule has 0 aliphatic heterocycles. The molecule has 2 N–H and O–H groups in total. The summed E-state index contributed by atoms with van der Waals surface area (Å²) in [6.45, 7) is 11.9. The van der Waals surface area contributed by atoms with E-state index in [1.54, 1.807) is 0 Å². The summed E-state index contributed by atoms with van der Waals surface area (Å²) in [5, 5.41) is 0. The minimum absolute atomic E-state index is 0.152. The minimum atomic E-state index is -4.54. The van der Waals surface area contributed by atoms with Crippen molar-refractivity contribution in [3.05, 3.63) is 28.8 Å². The van der Waals surface area contributed by atoms with Crippen molar-refractivity contribution in [2.24, 2.45) is 22.7 Å². The lowest BCUT2D eigenvalue weighted by molar-refractivity contribution is -0.0983. The summed E-state index contributed by atoms with van der Waals surface area (Å²) in [6, 6.07) is 3.70. The molecule has 0 saturated heterocycles. The first-order valence-corrected chi connectivity index (χ1v) is 11.8. The Morgan fingerprint density at radius 2 is 1.78 bits per heavy atom. The average molecular weight is 392 g/mol. The number of benzene rings is 1. The van der Waals surface area contributed by atoms with Crippen molar-refractivity contribution in [1.82, 2.24) is 0 Å². The summed E-state index contributed by atoms with van der Waals surface area (Å²) in [5.41, 5.74) is 4.62. The van der Waals surface area contributed by atoms with Crippen LogP contribution in [-0.2, 0) is 16.4 Å². The fraction of sp³-hybridized carbons (Fsp3) is 0.727. The smallest absolute Gasteiger partial charge is 0.404 e. The third-order valence-electron chi connectivity index (χ3n) is 8.40. The van der Waals surface area contributed by atoms with E-state index in [4.69, 9.17) is 4.52 Å². The third kappa shape index (κ3) is 2.91. The molecule has 0 aromatic heterocycles. The number of fused-ring (bicyclic) bond motifs is 5. The lowest BCUT2D eigenvalue weighted by Gasteiger charge is -2.61. The van der Waals surface area contributed by atoms with E-state index in [-0.39, 0.29) is 5.41 Å². The van der Waals surface area contributed by atoms with Crippen LogP contribution in [0.25, 0.3) is 0 Å². The largest absolute Gasteiger partial charge is 0.524 e. The molecule has 3 unspecified atom stereocenters. The second-order valence-corrected chi connectivity index (χ2v) is 11.6. The van der Waals surface area contributed by atoms with E-state index >= 15 is 0 Å². The summed E-state index contributed by atoms with van der Waals surface area (Å²) >= 11 is 0. The number of hydrogen-bond donors (Lipinski definition) is 2. The lowest BCUT2D eigenvalue weighted by atomic mass is 9.43. The molecule has 4 nitrogen and oxygen atoms in total. The topological polar surface area (TPSA) is 66.8 Å². The van der Waals surface area contributed by atoms with E-state index in [1.807, 2.05) is 12.1 Å². The second-order valence-electron chi connectivity index (χ2n) is 10.5. The van der Waals surface area contributed by atoms with Crippen LogP contribution in [0.1, 0.15) is 76.5 Å². The first kappa shape index (κ1) is 19.5. The predicted molar refractivity (Wildman–Crippen MR) is 107 cm³/mol. The van der Waals surface area contributed by atoms with Crippen LogP contribution in [0.4, 0.5) is 0 Å². The third-order valence-corrected chi connectivity index (χ3v) is 8.85.